The molecule has 1 rings (SSSR count). The number of ether oxygens (including phenoxy) is 1. The zero-order valence-electron chi connectivity index (χ0n) is 9.68. The standard InChI is InChI=1S/C11H20FNO2/c1-11(2,3)15-10(14)13-7-9-5-4-8(9)6-12/h8-9H,4-7H2,1-3H3,(H,13,14)/t8-,9+/m1/s1. The summed E-state index contributed by atoms with van der Waals surface area (Å²) in [6, 6.07) is 0. The number of carbonyl (C=O) groups excluding carboxylic acids is 1. The molecule has 1 saturated carbocycles. The van der Waals surface area contributed by atoms with Gasteiger partial charge in [0.2, 0.25) is 0 Å². The Hall–Kier alpha value is -0.800. The second-order valence-electron chi connectivity index (χ2n) is 5.13. The van der Waals surface area contributed by atoms with Crippen LogP contribution in [-0.4, -0.2) is 24.9 Å². The number of carbonyl (C=O) groups is 1. The highest BCUT2D eigenvalue weighted by molar-refractivity contribution is 5.67. The molecule has 2 atom stereocenters. The van der Waals surface area contributed by atoms with Gasteiger partial charge >= 0.3 is 6.09 Å². The lowest BCUT2D eigenvalue weighted by atomic mass is 9.74. The molecule has 88 valence electrons. The van der Waals surface area contributed by atoms with E-state index in [-0.39, 0.29) is 12.6 Å². The van der Waals surface area contributed by atoms with Gasteiger partial charge in [-0.15, -0.1) is 0 Å². The molecule has 1 aliphatic carbocycles. The van der Waals surface area contributed by atoms with E-state index in [9.17, 15) is 9.18 Å². The van der Waals surface area contributed by atoms with Crippen LogP contribution in [0, 0.1) is 11.8 Å². The highest BCUT2D eigenvalue weighted by Crippen LogP contribution is 2.33. The van der Waals surface area contributed by atoms with Crippen LogP contribution in [0.15, 0.2) is 0 Å². The van der Waals surface area contributed by atoms with Crippen LogP contribution >= 0.6 is 0 Å². The van der Waals surface area contributed by atoms with Crippen LogP contribution in [-0.2, 0) is 4.74 Å². The summed E-state index contributed by atoms with van der Waals surface area (Å²) in [5.41, 5.74) is -0.469. The van der Waals surface area contributed by atoms with Gasteiger partial charge in [-0.05, 0) is 45.4 Å². The Bertz CT molecular complexity index is 223. The van der Waals surface area contributed by atoms with Gasteiger partial charge in [-0.3, -0.25) is 4.39 Å². The summed E-state index contributed by atoms with van der Waals surface area (Å²) in [6.45, 7) is 5.71. The lowest BCUT2D eigenvalue weighted by Crippen LogP contribution is -2.40. The Labute approximate surface area is 90.4 Å². The Kier molecular flexibility index (Phi) is 3.94. The molecule has 4 heteroatoms. The van der Waals surface area contributed by atoms with Crippen molar-refractivity contribution in [3.8, 4) is 0 Å². The molecule has 1 fully saturated rings. The van der Waals surface area contributed by atoms with Crippen LogP contribution in [0.1, 0.15) is 33.6 Å². The number of hydrogen-bond acceptors (Lipinski definition) is 2. The van der Waals surface area contributed by atoms with E-state index < -0.39 is 11.7 Å². The molecule has 0 aromatic carbocycles. The zero-order chi connectivity index (χ0) is 11.5. The average molecular weight is 217 g/mol. The molecule has 0 aliphatic heterocycles. The third-order valence-corrected chi connectivity index (χ3v) is 2.68. The minimum atomic E-state index is -0.469. The fourth-order valence-electron chi connectivity index (χ4n) is 1.64. The molecule has 0 heterocycles. The van der Waals surface area contributed by atoms with E-state index in [2.05, 4.69) is 5.32 Å². The molecule has 1 N–H and O–H groups in total. The first-order valence-corrected chi connectivity index (χ1v) is 5.45. The summed E-state index contributed by atoms with van der Waals surface area (Å²) in [4.78, 5) is 11.3. The second-order valence-corrected chi connectivity index (χ2v) is 5.13. The van der Waals surface area contributed by atoms with Crippen LogP contribution in [0.25, 0.3) is 0 Å². The van der Waals surface area contributed by atoms with E-state index in [1.54, 1.807) is 0 Å². The summed E-state index contributed by atoms with van der Waals surface area (Å²) in [5.74, 6) is 0.433. The van der Waals surface area contributed by atoms with Crippen LogP contribution in [0.2, 0.25) is 0 Å². The molecule has 0 saturated heterocycles. The lowest BCUT2D eigenvalue weighted by molar-refractivity contribution is 0.0480. The van der Waals surface area contributed by atoms with E-state index in [1.165, 1.54) is 0 Å². The smallest absolute Gasteiger partial charge is 0.407 e. The molecule has 15 heavy (non-hydrogen) atoms. The number of alkyl carbamates (subject to hydrolysis) is 1. The van der Waals surface area contributed by atoms with Gasteiger partial charge in [-0.1, -0.05) is 0 Å². The monoisotopic (exact) mass is 217 g/mol. The van der Waals surface area contributed by atoms with E-state index >= 15 is 0 Å². The predicted octanol–water partition coefficient (Wildman–Crippen LogP) is 2.51. The van der Waals surface area contributed by atoms with Crippen molar-refractivity contribution in [3.63, 3.8) is 0 Å². The van der Waals surface area contributed by atoms with E-state index in [1.807, 2.05) is 20.8 Å². The zero-order valence-corrected chi connectivity index (χ0v) is 9.68. The number of rotatable bonds is 3. The van der Waals surface area contributed by atoms with Gasteiger partial charge in [0.1, 0.15) is 5.60 Å². The molecule has 0 aromatic rings. The Morgan fingerprint density at radius 3 is 2.40 bits per heavy atom. The molecule has 1 amide bonds. The highest BCUT2D eigenvalue weighted by Gasteiger charge is 2.31. The van der Waals surface area contributed by atoms with Crippen LogP contribution in [0.3, 0.4) is 0 Å². The van der Waals surface area contributed by atoms with E-state index in [4.69, 9.17) is 4.74 Å². The molecule has 0 aromatic heterocycles. The van der Waals surface area contributed by atoms with Crippen molar-refractivity contribution in [1.29, 1.82) is 0 Å². The molecule has 0 bridgehead atoms. The molecule has 0 spiro atoms. The number of halogens is 1. The van der Waals surface area contributed by atoms with Crippen molar-refractivity contribution >= 4 is 6.09 Å². The topological polar surface area (TPSA) is 38.3 Å². The van der Waals surface area contributed by atoms with E-state index in [0.717, 1.165) is 12.8 Å². The molecule has 1 aliphatic rings. The van der Waals surface area contributed by atoms with Crippen molar-refractivity contribution in [2.45, 2.75) is 39.2 Å². The SMILES string of the molecule is CC(C)(C)OC(=O)NC[C@@H]1CC[C@@H]1CF. The first-order chi connectivity index (χ1) is 6.92. The number of amides is 1. The Morgan fingerprint density at radius 1 is 1.40 bits per heavy atom. The third-order valence-electron chi connectivity index (χ3n) is 2.68. The van der Waals surface area contributed by atoms with Crippen LogP contribution in [0.4, 0.5) is 9.18 Å². The Morgan fingerprint density at radius 2 is 2.00 bits per heavy atom. The summed E-state index contributed by atoms with van der Waals surface area (Å²) >= 11 is 0. The fourth-order valence-corrected chi connectivity index (χ4v) is 1.64. The summed E-state index contributed by atoms with van der Waals surface area (Å²) in [7, 11) is 0. The van der Waals surface area contributed by atoms with Crippen LogP contribution in [0.5, 0.6) is 0 Å². The minimum Gasteiger partial charge on any atom is -0.444 e. The maximum atomic E-state index is 12.3. The summed E-state index contributed by atoms with van der Waals surface area (Å²) in [6.07, 6.45) is 1.54. The molecular weight excluding hydrogens is 197 g/mol. The normalized spacial score (nSPS) is 25.6. The first kappa shape index (κ1) is 12.3. The van der Waals surface area contributed by atoms with E-state index in [0.29, 0.717) is 12.5 Å². The van der Waals surface area contributed by atoms with Gasteiger partial charge < -0.3 is 10.1 Å². The number of nitrogens with one attached hydrogen (secondary N) is 1. The minimum absolute atomic E-state index is 0.139. The largest absolute Gasteiger partial charge is 0.444 e. The fraction of sp³-hybridized carbons (Fsp3) is 0.909. The van der Waals surface area contributed by atoms with Crippen molar-refractivity contribution in [1.82, 2.24) is 5.32 Å². The molecule has 3 nitrogen and oxygen atoms in total. The van der Waals surface area contributed by atoms with Crippen LogP contribution < -0.4 is 5.32 Å². The van der Waals surface area contributed by atoms with Gasteiger partial charge in [-0.2, -0.15) is 0 Å². The highest BCUT2D eigenvalue weighted by atomic mass is 19.1. The average Bonchev–Trinajstić information content (AvgIpc) is 1.99. The van der Waals surface area contributed by atoms with Gasteiger partial charge in [-0.25, -0.2) is 4.79 Å². The Balaban J connectivity index is 2.17. The second kappa shape index (κ2) is 4.81. The van der Waals surface area contributed by atoms with Crippen molar-refractivity contribution < 1.29 is 13.9 Å². The number of alkyl halides is 1. The van der Waals surface area contributed by atoms with Gasteiger partial charge in [0.25, 0.3) is 0 Å². The molecular formula is C11H20FNO2. The van der Waals surface area contributed by atoms with Crippen molar-refractivity contribution in [2.24, 2.45) is 11.8 Å². The van der Waals surface area contributed by atoms with Gasteiger partial charge in [0, 0.05) is 6.54 Å². The van der Waals surface area contributed by atoms with Crippen molar-refractivity contribution in [2.75, 3.05) is 13.2 Å². The first-order valence-electron chi connectivity index (χ1n) is 5.45. The lowest BCUT2D eigenvalue weighted by Gasteiger charge is -2.34. The van der Waals surface area contributed by atoms with Gasteiger partial charge in [0.15, 0.2) is 0 Å². The predicted molar refractivity (Wildman–Crippen MR) is 56.4 cm³/mol. The molecule has 0 unspecified atom stereocenters. The maximum absolute atomic E-state index is 12.3. The third kappa shape index (κ3) is 4.06. The quantitative estimate of drug-likeness (QED) is 0.788. The molecule has 0 radical (unpaired) electrons. The van der Waals surface area contributed by atoms with Crippen molar-refractivity contribution in [3.05, 3.63) is 0 Å². The summed E-state index contributed by atoms with van der Waals surface area (Å²) < 4.78 is 17.4. The summed E-state index contributed by atoms with van der Waals surface area (Å²) in [5, 5.41) is 2.68. The number of hydrogen-bond donors (Lipinski definition) is 1. The maximum Gasteiger partial charge on any atom is 0.407 e. The van der Waals surface area contributed by atoms with Gasteiger partial charge in [0.05, 0.1) is 6.67 Å².